The van der Waals surface area contributed by atoms with Crippen LogP contribution in [0.15, 0.2) is 71.6 Å². The molecule has 11 heteroatoms. The van der Waals surface area contributed by atoms with Crippen LogP contribution >= 0.6 is 11.6 Å². The molecule has 41 heavy (non-hydrogen) atoms. The summed E-state index contributed by atoms with van der Waals surface area (Å²) < 4.78 is 70.6. The first-order chi connectivity index (χ1) is 19.1. The topological polar surface area (TPSA) is 83.9 Å². The molecule has 0 heterocycles. The molecule has 0 saturated carbocycles. The Balaban J connectivity index is 1.77. The van der Waals surface area contributed by atoms with Gasteiger partial charge < -0.3 is 9.84 Å². The molecule has 0 atom stereocenters. The number of ether oxygens (including phenoxy) is 1. The van der Waals surface area contributed by atoms with Crippen molar-refractivity contribution in [3.05, 3.63) is 94.0 Å². The predicted octanol–water partition coefficient (Wildman–Crippen LogP) is 6.64. The van der Waals surface area contributed by atoms with Crippen molar-refractivity contribution in [2.45, 2.75) is 49.7 Å². The van der Waals surface area contributed by atoms with Gasteiger partial charge in [-0.15, -0.1) is 0 Å². The summed E-state index contributed by atoms with van der Waals surface area (Å²) in [5.74, 6) is -0.875. The lowest BCUT2D eigenvalue weighted by Crippen LogP contribution is -2.37. The molecule has 0 aliphatic rings. The molecule has 0 spiro atoms. The Morgan fingerprint density at radius 3 is 2.29 bits per heavy atom. The van der Waals surface area contributed by atoms with Crippen LogP contribution in [0.3, 0.4) is 0 Å². The minimum Gasteiger partial charge on any atom is -0.494 e. The second kappa shape index (κ2) is 13.3. The number of carboxylic acid groups (broad SMARTS) is 1. The fraction of sp³-hybridized carbons (Fsp3) is 0.367. The highest BCUT2D eigenvalue weighted by Gasteiger charge is 2.34. The molecule has 3 aromatic rings. The number of hydrogen-bond donors (Lipinski definition) is 1. The standard InChI is InChI=1S/C30H33ClF3NO5S/c1-29(2,23-10-5-4-6-11-23)20-35(19-22-9-7-12-25(28(22)31)30(32,33)34)15-8-16-40-24-14-13-21(17-27(36)37)26(18-24)41(3,38)39/h4-7,9-14,18H,8,15-17,19-20H2,1-3H3,(H,36,37). The number of nitrogens with zero attached hydrogens (tertiary/aromatic N) is 1. The van der Waals surface area contributed by atoms with E-state index < -0.39 is 34.0 Å². The lowest BCUT2D eigenvalue weighted by atomic mass is 9.84. The van der Waals surface area contributed by atoms with Crippen molar-refractivity contribution in [2.24, 2.45) is 0 Å². The van der Waals surface area contributed by atoms with Gasteiger partial charge in [0, 0.05) is 31.3 Å². The molecule has 0 saturated heterocycles. The van der Waals surface area contributed by atoms with Crippen LogP contribution < -0.4 is 4.74 Å². The molecule has 0 aromatic heterocycles. The van der Waals surface area contributed by atoms with Crippen LogP contribution in [0.5, 0.6) is 5.75 Å². The minimum absolute atomic E-state index is 0.108. The Labute approximate surface area is 243 Å². The van der Waals surface area contributed by atoms with E-state index in [0.717, 1.165) is 17.9 Å². The number of alkyl halides is 3. The van der Waals surface area contributed by atoms with Crippen molar-refractivity contribution in [2.75, 3.05) is 26.0 Å². The maximum absolute atomic E-state index is 13.5. The summed E-state index contributed by atoms with van der Waals surface area (Å²) in [7, 11) is -3.69. The Morgan fingerprint density at radius 1 is 1.00 bits per heavy atom. The van der Waals surface area contributed by atoms with Gasteiger partial charge >= 0.3 is 12.1 Å². The predicted molar refractivity (Wildman–Crippen MR) is 152 cm³/mol. The summed E-state index contributed by atoms with van der Waals surface area (Å²) in [5.41, 5.74) is 0.389. The van der Waals surface area contributed by atoms with Crippen LogP contribution in [-0.4, -0.2) is 50.3 Å². The number of halogens is 4. The van der Waals surface area contributed by atoms with Gasteiger partial charge in [0.2, 0.25) is 0 Å². The Bertz CT molecular complexity index is 1460. The quantitative estimate of drug-likeness (QED) is 0.218. The SMILES string of the molecule is CC(C)(CN(CCCOc1ccc(CC(=O)O)c(S(C)(=O)=O)c1)Cc1cccc(C(F)(F)F)c1Cl)c1ccccc1. The third-order valence-corrected chi connectivity index (χ3v) is 8.24. The summed E-state index contributed by atoms with van der Waals surface area (Å²) >= 11 is 6.21. The summed E-state index contributed by atoms with van der Waals surface area (Å²) in [6, 6.07) is 17.9. The summed E-state index contributed by atoms with van der Waals surface area (Å²) in [6.07, 6.45) is -3.53. The van der Waals surface area contributed by atoms with E-state index in [4.69, 9.17) is 21.4 Å². The molecule has 6 nitrogen and oxygen atoms in total. The van der Waals surface area contributed by atoms with E-state index in [9.17, 15) is 26.4 Å². The van der Waals surface area contributed by atoms with E-state index in [1.165, 1.54) is 24.3 Å². The Hall–Kier alpha value is -3.08. The van der Waals surface area contributed by atoms with Gasteiger partial charge in [0.05, 0.1) is 28.5 Å². The minimum atomic E-state index is -4.57. The van der Waals surface area contributed by atoms with Crippen molar-refractivity contribution in [3.63, 3.8) is 0 Å². The zero-order valence-electron chi connectivity index (χ0n) is 23.0. The molecule has 0 amide bonds. The van der Waals surface area contributed by atoms with Gasteiger partial charge in [0.15, 0.2) is 9.84 Å². The molecule has 3 rings (SSSR count). The van der Waals surface area contributed by atoms with Gasteiger partial charge in [0.25, 0.3) is 0 Å². The smallest absolute Gasteiger partial charge is 0.417 e. The lowest BCUT2D eigenvalue weighted by Gasteiger charge is -2.33. The molecular formula is C30H33ClF3NO5S. The van der Waals surface area contributed by atoms with Crippen LogP contribution in [0.2, 0.25) is 5.02 Å². The zero-order valence-corrected chi connectivity index (χ0v) is 24.6. The summed E-state index contributed by atoms with van der Waals surface area (Å²) in [6.45, 7) is 5.47. The number of hydrogen-bond acceptors (Lipinski definition) is 5. The van der Waals surface area contributed by atoms with Gasteiger partial charge in [-0.3, -0.25) is 9.69 Å². The van der Waals surface area contributed by atoms with E-state index >= 15 is 0 Å². The fourth-order valence-corrected chi connectivity index (χ4v) is 5.91. The summed E-state index contributed by atoms with van der Waals surface area (Å²) in [4.78, 5) is 13.0. The molecule has 0 fully saturated rings. The number of carboxylic acids is 1. The summed E-state index contributed by atoms with van der Waals surface area (Å²) in [5, 5.41) is 8.76. The zero-order chi connectivity index (χ0) is 30.4. The molecule has 0 radical (unpaired) electrons. The number of rotatable bonds is 13. The maximum atomic E-state index is 13.5. The molecule has 1 N–H and O–H groups in total. The molecule has 222 valence electrons. The second-order valence-corrected chi connectivity index (χ2v) is 12.9. The van der Waals surface area contributed by atoms with E-state index in [1.807, 2.05) is 35.2 Å². The van der Waals surface area contributed by atoms with E-state index in [2.05, 4.69) is 13.8 Å². The normalized spacial score (nSPS) is 12.5. The largest absolute Gasteiger partial charge is 0.494 e. The van der Waals surface area contributed by atoms with Crippen LogP contribution in [-0.2, 0) is 39.2 Å². The fourth-order valence-electron chi connectivity index (χ4n) is 4.67. The lowest BCUT2D eigenvalue weighted by molar-refractivity contribution is -0.138. The third kappa shape index (κ3) is 9.21. The Morgan fingerprint density at radius 2 is 1.68 bits per heavy atom. The maximum Gasteiger partial charge on any atom is 0.417 e. The van der Waals surface area contributed by atoms with Gasteiger partial charge in [-0.25, -0.2) is 8.42 Å². The molecular weight excluding hydrogens is 579 g/mol. The first kappa shape index (κ1) is 32.4. The van der Waals surface area contributed by atoms with Crippen molar-refractivity contribution >= 4 is 27.4 Å². The molecule has 0 unspecified atom stereocenters. The number of aliphatic carboxylic acids is 1. The van der Waals surface area contributed by atoms with E-state index in [-0.39, 0.29) is 39.8 Å². The van der Waals surface area contributed by atoms with Crippen LogP contribution in [0.4, 0.5) is 13.2 Å². The highest BCUT2D eigenvalue weighted by Crippen LogP contribution is 2.37. The average molecular weight is 612 g/mol. The molecule has 0 aliphatic carbocycles. The second-order valence-electron chi connectivity index (χ2n) is 10.6. The van der Waals surface area contributed by atoms with Crippen LogP contribution in [0.25, 0.3) is 0 Å². The molecule has 3 aromatic carbocycles. The van der Waals surface area contributed by atoms with E-state index in [0.29, 0.717) is 25.1 Å². The van der Waals surface area contributed by atoms with E-state index in [1.54, 1.807) is 6.07 Å². The van der Waals surface area contributed by atoms with Gasteiger partial charge in [0.1, 0.15) is 5.75 Å². The third-order valence-electron chi connectivity index (χ3n) is 6.62. The number of sulfone groups is 1. The van der Waals surface area contributed by atoms with Crippen molar-refractivity contribution in [1.82, 2.24) is 4.90 Å². The first-order valence-corrected chi connectivity index (χ1v) is 15.1. The number of carbonyl (C=O) groups is 1. The van der Waals surface area contributed by atoms with Crippen LogP contribution in [0, 0.1) is 0 Å². The molecule has 0 aliphatic heterocycles. The van der Waals surface area contributed by atoms with Crippen molar-refractivity contribution in [3.8, 4) is 5.75 Å². The van der Waals surface area contributed by atoms with Crippen LogP contribution in [0.1, 0.15) is 42.5 Å². The first-order valence-electron chi connectivity index (χ1n) is 12.9. The van der Waals surface area contributed by atoms with Gasteiger partial charge in [-0.05, 0) is 41.3 Å². The van der Waals surface area contributed by atoms with Gasteiger partial charge in [-0.1, -0.05) is 74.0 Å². The number of benzene rings is 3. The average Bonchev–Trinajstić information content (AvgIpc) is 2.87. The monoisotopic (exact) mass is 611 g/mol. The van der Waals surface area contributed by atoms with Crippen molar-refractivity contribution in [1.29, 1.82) is 0 Å². The van der Waals surface area contributed by atoms with Gasteiger partial charge in [-0.2, -0.15) is 13.2 Å². The molecule has 0 bridgehead atoms. The highest BCUT2D eigenvalue weighted by atomic mass is 35.5. The highest BCUT2D eigenvalue weighted by molar-refractivity contribution is 7.90. The van der Waals surface area contributed by atoms with Crippen molar-refractivity contribution < 1.29 is 36.2 Å². The Kier molecular flexibility index (Phi) is 10.5.